The zero-order chi connectivity index (χ0) is 19.4. The quantitative estimate of drug-likeness (QED) is 0.447. The van der Waals surface area contributed by atoms with Gasteiger partial charge in [-0.2, -0.15) is 0 Å². The highest BCUT2D eigenvalue weighted by Gasteiger charge is 2.23. The molecule has 2 aromatic rings. The SMILES string of the molecule is Cc1ccc(CN(Cc2cccc(C)c2[N+](=O)[O-])CC2CCCO2)c(Br)c1. The molecular weight excluding hydrogens is 408 g/mol. The second-order valence-electron chi connectivity index (χ2n) is 7.24. The molecule has 0 bridgehead atoms. The van der Waals surface area contributed by atoms with E-state index in [0.717, 1.165) is 36.0 Å². The Morgan fingerprint density at radius 1 is 1.22 bits per heavy atom. The van der Waals surface area contributed by atoms with Crippen LogP contribution in [0.4, 0.5) is 5.69 Å². The maximum Gasteiger partial charge on any atom is 0.276 e. The Morgan fingerprint density at radius 2 is 2.00 bits per heavy atom. The smallest absolute Gasteiger partial charge is 0.276 e. The summed E-state index contributed by atoms with van der Waals surface area (Å²) < 4.78 is 6.89. The summed E-state index contributed by atoms with van der Waals surface area (Å²) in [6.45, 7) is 6.67. The van der Waals surface area contributed by atoms with Crippen molar-refractivity contribution >= 4 is 21.6 Å². The molecule has 6 heteroatoms. The van der Waals surface area contributed by atoms with Crippen molar-refractivity contribution in [2.75, 3.05) is 13.2 Å². The van der Waals surface area contributed by atoms with Crippen LogP contribution in [-0.2, 0) is 17.8 Å². The number of para-hydroxylation sites is 1. The lowest BCUT2D eigenvalue weighted by atomic mass is 10.1. The molecule has 0 amide bonds. The van der Waals surface area contributed by atoms with Gasteiger partial charge in [-0.3, -0.25) is 15.0 Å². The van der Waals surface area contributed by atoms with Gasteiger partial charge in [0.05, 0.1) is 11.0 Å². The van der Waals surface area contributed by atoms with Gasteiger partial charge in [-0.05, 0) is 43.9 Å². The van der Waals surface area contributed by atoms with E-state index in [9.17, 15) is 10.1 Å². The first-order valence-corrected chi connectivity index (χ1v) is 10.0. The van der Waals surface area contributed by atoms with Crippen LogP contribution >= 0.6 is 15.9 Å². The Labute approximate surface area is 168 Å². The lowest BCUT2D eigenvalue weighted by molar-refractivity contribution is -0.386. The predicted molar refractivity (Wildman–Crippen MR) is 110 cm³/mol. The molecule has 1 fully saturated rings. The van der Waals surface area contributed by atoms with Crippen molar-refractivity contribution in [1.82, 2.24) is 4.90 Å². The first-order chi connectivity index (χ1) is 12.9. The molecule has 0 aromatic heterocycles. The molecule has 27 heavy (non-hydrogen) atoms. The minimum absolute atomic E-state index is 0.193. The van der Waals surface area contributed by atoms with Gasteiger partial charge in [0.2, 0.25) is 0 Å². The molecule has 1 unspecified atom stereocenters. The lowest BCUT2D eigenvalue weighted by Crippen LogP contribution is -2.32. The van der Waals surface area contributed by atoms with Crippen LogP contribution in [0.5, 0.6) is 0 Å². The van der Waals surface area contributed by atoms with Gasteiger partial charge in [0.15, 0.2) is 0 Å². The highest BCUT2D eigenvalue weighted by Crippen LogP contribution is 2.27. The molecule has 0 spiro atoms. The molecule has 1 aliphatic rings. The first kappa shape index (κ1) is 20.0. The minimum Gasteiger partial charge on any atom is -0.377 e. The number of halogens is 1. The van der Waals surface area contributed by atoms with Gasteiger partial charge in [-0.15, -0.1) is 0 Å². The summed E-state index contributed by atoms with van der Waals surface area (Å²) >= 11 is 3.66. The molecular formula is C21H25BrN2O3. The van der Waals surface area contributed by atoms with Crippen molar-refractivity contribution in [1.29, 1.82) is 0 Å². The fourth-order valence-electron chi connectivity index (χ4n) is 3.63. The van der Waals surface area contributed by atoms with E-state index in [4.69, 9.17) is 4.74 Å². The highest BCUT2D eigenvalue weighted by molar-refractivity contribution is 9.10. The third-order valence-corrected chi connectivity index (χ3v) is 5.72. The summed E-state index contributed by atoms with van der Waals surface area (Å²) in [5, 5.41) is 11.6. The van der Waals surface area contributed by atoms with Crippen molar-refractivity contribution in [2.24, 2.45) is 0 Å². The monoisotopic (exact) mass is 432 g/mol. The van der Waals surface area contributed by atoms with Crippen molar-refractivity contribution < 1.29 is 9.66 Å². The maximum atomic E-state index is 11.6. The Balaban J connectivity index is 1.86. The number of nitrogens with zero attached hydrogens (tertiary/aromatic N) is 2. The van der Waals surface area contributed by atoms with Crippen molar-refractivity contribution in [3.05, 3.63) is 73.2 Å². The molecule has 1 heterocycles. The van der Waals surface area contributed by atoms with Gasteiger partial charge in [-0.25, -0.2) is 0 Å². The van der Waals surface area contributed by atoms with Gasteiger partial charge in [0, 0.05) is 41.8 Å². The van der Waals surface area contributed by atoms with Crippen molar-refractivity contribution in [2.45, 2.75) is 45.9 Å². The van der Waals surface area contributed by atoms with Gasteiger partial charge in [-0.1, -0.05) is 46.3 Å². The zero-order valence-electron chi connectivity index (χ0n) is 15.8. The molecule has 1 saturated heterocycles. The molecule has 1 atom stereocenters. The lowest BCUT2D eigenvalue weighted by Gasteiger charge is -2.26. The second-order valence-corrected chi connectivity index (χ2v) is 8.09. The Kier molecular flexibility index (Phi) is 6.63. The number of nitro benzene ring substituents is 1. The fraction of sp³-hybridized carbons (Fsp3) is 0.429. The van der Waals surface area contributed by atoms with E-state index in [1.165, 1.54) is 11.1 Å². The highest BCUT2D eigenvalue weighted by atomic mass is 79.9. The number of hydrogen-bond donors (Lipinski definition) is 0. The summed E-state index contributed by atoms with van der Waals surface area (Å²) in [4.78, 5) is 13.6. The standard InChI is InChI=1S/C21H25BrN2O3/c1-15-8-9-17(20(22)11-15)12-23(14-19-7-4-10-27-19)13-18-6-3-5-16(2)21(18)24(25)26/h3,5-6,8-9,11,19H,4,7,10,12-14H2,1-2H3. The molecule has 0 saturated carbocycles. The minimum atomic E-state index is -0.267. The summed E-state index contributed by atoms with van der Waals surface area (Å²) in [5.41, 5.74) is 4.05. The van der Waals surface area contributed by atoms with Gasteiger partial charge in [0.25, 0.3) is 5.69 Å². The van der Waals surface area contributed by atoms with E-state index in [0.29, 0.717) is 18.7 Å². The van der Waals surface area contributed by atoms with Crippen LogP contribution in [0.15, 0.2) is 40.9 Å². The maximum absolute atomic E-state index is 11.6. The van der Waals surface area contributed by atoms with E-state index in [1.54, 1.807) is 13.0 Å². The van der Waals surface area contributed by atoms with E-state index in [2.05, 4.69) is 46.0 Å². The van der Waals surface area contributed by atoms with Crippen LogP contribution in [0.25, 0.3) is 0 Å². The molecule has 0 radical (unpaired) electrons. The summed E-state index contributed by atoms with van der Waals surface area (Å²) in [6.07, 6.45) is 2.32. The number of aryl methyl sites for hydroxylation is 2. The van der Waals surface area contributed by atoms with Crippen molar-refractivity contribution in [3.8, 4) is 0 Å². The number of hydrogen-bond acceptors (Lipinski definition) is 4. The third-order valence-electron chi connectivity index (χ3n) is 4.99. The molecule has 3 rings (SSSR count). The molecule has 144 valence electrons. The van der Waals surface area contributed by atoms with E-state index < -0.39 is 0 Å². The molecule has 1 aliphatic heterocycles. The van der Waals surface area contributed by atoms with Crippen LogP contribution in [0.1, 0.15) is 35.1 Å². The number of rotatable bonds is 7. The number of nitro groups is 1. The number of benzene rings is 2. The van der Waals surface area contributed by atoms with E-state index in [1.807, 2.05) is 12.1 Å². The van der Waals surface area contributed by atoms with E-state index in [-0.39, 0.29) is 16.7 Å². The van der Waals surface area contributed by atoms with Crippen LogP contribution in [0, 0.1) is 24.0 Å². The van der Waals surface area contributed by atoms with Crippen LogP contribution in [0.3, 0.4) is 0 Å². The normalized spacial score (nSPS) is 16.8. The largest absolute Gasteiger partial charge is 0.377 e. The first-order valence-electron chi connectivity index (χ1n) is 9.26. The summed E-state index contributed by atoms with van der Waals surface area (Å²) in [6, 6.07) is 11.9. The van der Waals surface area contributed by atoms with Gasteiger partial charge < -0.3 is 4.74 Å². The van der Waals surface area contributed by atoms with Crippen LogP contribution in [-0.4, -0.2) is 29.1 Å². The van der Waals surface area contributed by atoms with Crippen LogP contribution in [0.2, 0.25) is 0 Å². The zero-order valence-corrected chi connectivity index (χ0v) is 17.4. The fourth-order valence-corrected chi connectivity index (χ4v) is 4.25. The molecule has 5 nitrogen and oxygen atoms in total. The summed E-state index contributed by atoms with van der Waals surface area (Å²) in [5.74, 6) is 0. The second kappa shape index (κ2) is 8.95. The third kappa shape index (κ3) is 5.15. The molecule has 0 aliphatic carbocycles. The van der Waals surface area contributed by atoms with Gasteiger partial charge in [0.1, 0.15) is 0 Å². The Hall–Kier alpha value is -1.76. The predicted octanol–water partition coefficient (Wildman–Crippen LogP) is 5.16. The molecule has 2 aromatic carbocycles. The topological polar surface area (TPSA) is 55.6 Å². The number of ether oxygens (including phenoxy) is 1. The average Bonchev–Trinajstić information content (AvgIpc) is 3.10. The van der Waals surface area contributed by atoms with Gasteiger partial charge >= 0.3 is 0 Å². The Morgan fingerprint density at radius 3 is 2.67 bits per heavy atom. The van der Waals surface area contributed by atoms with Crippen LogP contribution < -0.4 is 0 Å². The van der Waals surface area contributed by atoms with Crippen molar-refractivity contribution in [3.63, 3.8) is 0 Å². The Bertz CT molecular complexity index is 819. The summed E-state index contributed by atoms with van der Waals surface area (Å²) in [7, 11) is 0. The average molecular weight is 433 g/mol. The molecule has 0 N–H and O–H groups in total. The van der Waals surface area contributed by atoms with E-state index >= 15 is 0 Å².